The average molecular weight is 349 g/mol. The van der Waals surface area contributed by atoms with Crippen molar-refractivity contribution in [2.45, 2.75) is 26.2 Å². The Bertz CT molecular complexity index is 761. The zero-order chi connectivity index (χ0) is 18.6. The number of allylic oxidation sites excluding steroid dienone is 1. The number of rotatable bonds is 4. The average Bonchev–Trinajstić information content (AvgIpc) is 2.66. The molecule has 0 aliphatic carbocycles. The summed E-state index contributed by atoms with van der Waals surface area (Å²) in [5, 5.41) is 0. The van der Waals surface area contributed by atoms with Crippen LogP contribution < -0.4 is 4.90 Å². The van der Waals surface area contributed by atoms with Crippen LogP contribution in [-0.2, 0) is 10.2 Å². The third-order valence-electron chi connectivity index (χ3n) is 4.73. The molecule has 1 aliphatic rings. The molecule has 1 aliphatic heterocycles. The Labute approximate surface area is 156 Å². The second kappa shape index (κ2) is 7.88. The van der Waals surface area contributed by atoms with Crippen molar-refractivity contribution in [3.63, 3.8) is 0 Å². The van der Waals surface area contributed by atoms with E-state index in [1.165, 1.54) is 5.56 Å². The highest BCUT2D eigenvalue weighted by molar-refractivity contribution is 6.06. The summed E-state index contributed by atoms with van der Waals surface area (Å²) in [4.78, 5) is 14.7. The lowest BCUT2D eigenvalue weighted by Crippen LogP contribution is -2.36. The molecule has 2 aromatic carbocycles. The Morgan fingerprint density at radius 3 is 2.15 bits per heavy atom. The van der Waals surface area contributed by atoms with Gasteiger partial charge in [-0.1, -0.05) is 51.1 Å². The van der Waals surface area contributed by atoms with Crippen LogP contribution in [0.4, 0.5) is 5.69 Å². The molecule has 0 atom stereocenters. The number of ether oxygens (including phenoxy) is 1. The van der Waals surface area contributed by atoms with Crippen molar-refractivity contribution >= 4 is 17.5 Å². The number of carbonyl (C=O) groups excluding carboxylic acids is 1. The maximum atomic E-state index is 12.4. The summed E-state index contributed by atoms with van der Waals surface area (Å²) in [5.74, 6) is 0.0263. The number of hydrogen-bond donors (Lipinski definition) is 0. The van der Waals surface area contributed by atoms with Crippen LogP contribution in [0.5, 0.6) is 0 Å². The molecular weight excluding hydrogens is 322 g/mol. The summed E-state index contributed by atoms with van der Waals surface area (Å²) in [5.41, 5.74) is 4.33. The molecule has 0 spiro atoms. The van der Waals surface area contributed by atoms with Gasteiger partial charge >= 0.3 is 0 Å². The van der Waals surface area contributed by atoms with E-state index >= 15 is 0 Å². The van der Waals surface area contributed by atoms with Crippen LogP contribution in [0.1, 0.15) is 42.3 Å². The molecule has 0 radical (unpaired) electrons. The normalized spacial score (nSPS) is 15.4. The molecule has 136 valence electrons. The summed E-state index contributed by atoms with van der Waals surface area (Å²) >= 11 is 0. The third kappa shape index (κ3) is 4.61. The SMILES string of the molecule is CC(C)(C)c1ccc(/C=C/C(=O)c2ccc(N3CCOCC3)cc2)cc1. The van der Waals surface area contributed by atoms with Crippen molar-refractivity contribution in [2.75, 3.05) is 31.2 Å². The predicted molar refractivity (Wildman–Crippen MR) is 108 cm³/mol. The zero-order valence-corrected chi connectivity index (χ0v) is 15.9. The predicted octanol–water partition coefficient (Wildman–Crippen LogP) is 4.72. The Balaban J connectivity index is 1.64. The van der Waals surface area contributed by atoms with E-state index in [1.54, 1.807) is 6.08 Å². The van der Waals surface area contributed by atoms with Crippen LogP contribution in [-0.4, -0.2) is 32.1 Å². The zero-order valence-electron chi connectivity index (χ0n) is 15.9. The van der Waals surface area contributed by atoms with Crippen molar-refractivity contribution < 1.29 is 9.53 Å². The standard InChI is InChI=1S/C23H27NO2/c1-23(2,3)20-9-4-18(5-10-20)6-13-22(25)19-7-11-21(12-8-19)24-14-16-26-17-15-24/h4-13H,14-17H2,1-3H3/b13-6+. The molecule has 3 nitrogen and oxygen atoms in total. The molecular formula is C23H27NO2. The fraction of sp³-hybridized carbons (Fsp3) is 0.348. The van der Waals surface area contributed by atoms with Gasteiger partial charge in [0.2, 0.25) is 0 Å². The lowest BCUT2D eigenvalue weighted by Gasteiger charge is -2.28. The molecule has 0 aromatic heterocycles. The van der Waals surface area contributed by atoms with Gasteiger partial charge in [0.1, 0.15) is 0 Å². The van der Waals surface area contributed by atoms with E-state index in [4.69, 9.17) is 4.74 Å². The van der Waals surface area contributed by atoms with Gasteiger partial charge in [0.05, 0.1) is 13.2 Å². The number of ketones is 1. The lowest BCUT2D eigenvalue weighted by molar-refractivity contribution is 0.104. The van der Waals surface area contributed by atoms with Gasteiger partial charge in [-0.3, -0.25) is 4.79 Å². The number of morpholine rings is 1. The second-order valence-corrected chi connectivity index (χ2v) is 7.72. The van der Waals surface area contributed by atoms with E-state index in [-0.39, 0.29) is 11.2 Å². The fourth-order valence-electron chi connectivity index (χ4n) is 3.02. The molecule has 0 bridgehead atoms. The summed E-state index contributed by atoms with van der Waals surface area (Å²) in [7, 11) is 0. The minimum atomic E-state index is 0.0263. The van der Waals surface area contributed by atoms with E-state index in [1.807, 2.05) is 30.3 Å². The topological polar surface area (TPSA) is 29.5 Å². The van der Waals surface area contributed by atoms with E-state index in [2.05, 4.69) is 49.9 Å². The molecule has 3 rings (SSSR count). The first-order chi connectivity index (χ1) is 12.4. The molecule has 0 unspecified atom stereocenters. The number of benzene rings is 2. The van der Waals surface area contributed by atoms with Gasteiger partial charge in [-0.2, -0.15) is 0 Å². The molecule has 0 amide bonds. The number of nitrogens with zero attached hydrogens (tertiary/aromatic N) is 1. The van der Waals surface area contributed by atoms with Crippen LogP contribution in [0.15, 0.2) is 54.6 Å². The largest absolute Gasteiger partial charge is 0.378 e. The van der Waals surface area contributed by atoms with E-state index in [0.29, 0.717) is 5.56 Å². The highest BCUT2D eigenvalue weighted by Crippen LogP contribution is 2.22. The van der Waals surface area contributed by atoms with E-state index < -0.39 is 0 Å². The van der Waals surface area contributed by atoms with Gasteiger partial charge in [-0.25, -0.2) is 0 Å². The van der Waals surface area contributed by atoms with Gasteiger partial charge in [-0.15, -0.1) is 0 Å². The van der Waals surface area contributed by atoms with E-state index in [0.717, 1.165) is 37.6 Å². The first-order valence-electron chi connectivity index (χ1n) is 9.19. The summed E-state index contributed by atoms with van der Waals surface area (Å²) in [6.07, 6.45) is 3.53. The van der Waals surface area contributed by atoms with Crippen LogP contribution >= 0.6 is 0 Å². The van der Waals surface area contributed by atoms with Crippen LogP contribution in [0.3, 0.4) is 0 Å². The second-order valence-electron chi connectivity index (χ2n) is 7.72. The Morgan fingerprint density at radius 2 is 1.58 bits per heavy atom. The van der Waals surface area contributed by atoms with Gasteiger partial charge in [0, 0.05) is 24.3 Å². The van der Waals surface area contributed by atoms with Crippen LogP contribution in [0.2, 0.25) is 0 Å². The minimum Gasteiger partial charge on any atom is -0.378 e. The Hall–Kier alpha value is -2.39. The molecule has 3 heteroatoms. The molecule has 2 aromatic rings. The third-order valence-corrected chi connectivity index (χ3v) is 4.73. The highest BCUT2D eigenvalue weighted by Gasteiger charge is 2.13. The number of carbonyl (C=O) groups is 1. The maximum Gasteiger partial charge on any atom is 0.185 e. The summed E-state index contributed by atoms with van der Waals surface area (Å²) in [6, 6.07) is 16.2. The first kappa shape index (κ1) is 18.4. The monoisotopic (exact) mass is 349 g/mol. The minimum absolute atomic E-state index is 0.0263. The van der Waals surface area contributed by atoms with Crippen molar-refractivity contribution in [3.8, 4) is 0 Å². The van der Waals surface area contributed by atoms with Crippen LogP contribution in [0, 0.1) is 0 Å². The Kier molecular flexibility index (Phi) is 5.58. The van der Waals surface area contributed by atoms with Crippen LogP contribution in [0.25, 0.3) is 6.08 Å². The van der Waals surface area contributed by atoms with Crippen molar-refractivity contribution in [1.82, 2.24) is 0 Å². The molecule has 26 heavy (non-hydrogen) atoms. The molecule has 1 saturated heterocycles. The summed E-state index contributed by atoms with van der Waals surface area (Å²) < 4.78 is 5.38. The summed E-state index contributed by atoms with van der Waals surface area (Å²) in [6.45, 7) is 9.91. The first-order valence-corrected chi connectivity index (χ1v) is 9.19. The quantitative estimate of drug-likeness (QED) is 0.591. The van der Waals surface area contributed by atoms with Crippen molar-refractivity contribution in [3.05, 3.63) is 71.3 Å². The van der Waals surface area contributed by atoms with Crippen molar-refractivity contribution in [2.24, 2.45) is 0 Å². The molecule has 0 saturated carbocycles. The maximum absolute atomic E-state index is 12.4. The van der Waals surface area contributed by atoms with Gasteiger partial charge in [0.25, 0.3) is 0 Å². The van der Waals surface area contributed by atoms with Crippen molar-refractivity contribution in [1.29, 1.82) is 0 Å². The molecule has 1 heterocycles. The molecule has 0 N–H and O–H groups in total. The number of hydrogen-bond acceptors (Lipinski definition) is 3. The number of anilines is 1. The Morgan fingerprint density at radius 1 is 0.962 bits per heavy atom. The molecule has 1 fully saturated rings. The fourth-order valence-corrected chi connectivity index (χ4v) is 3.02. The highest BCUT2D eigenvalue weighted by atomic mass is 16.5. The van der Waals surface area contributed by atoms with E-state index in [9.17, 15) is 4.79 Å². The van der Waals surface area contributed by atoms with Gasteiger partial charge in [0.15, 0.2) is 5.78 Å². The lowest BCUT2D eigenvalue weighted by atomic mass is 9.87. The van der Waals surface area contributed by atoms with Gasteiger partial charge in [-0.05, 0) is 46.9 Å². The van der Waals surface area contributed by atoms with Gasteiger partial charge < -0.3 is 9.64 Å². The smallest absolute Gasteiger partial charge is 0.185 e.